The summed E-state index contributed by atoms with van der Waals surface area (Å²) in [5, 5.41) is 83.2. The van der Waals surface area contributed by atoms with Crippen LogP contribution in [-0.2, 0) is 22.3 Å². The van der Waals surface area contributed by atoms with E-state index in [2.05, 4.69) is 35.9 Å². The Morgan fingerprint density at radius 1 is 0.472 bits per heavy atom. The lowest BCUT2D eigenvalue weighted by atomic mass is 9.99. The van der Waals surface area contributed by atoms with Crippen molar-refractivity contribution >= 4 is 46.4 Å². The van der Waals surface area contributed by atoms with Crippen LogP contribution in [-0.4, -0.2) is 135 Å². The molecule has 4 aliphatic rings. The molecule has 2 saturated heterocycles. The zero-order valence-corrected chi connectivity index (χ0v) is 40.6. The molecule has 0 spiro atoms. The van der Waals surface area contributed by atoms with Crippen molar-refractivity contribution in [2.45, 2.75) is 139 Å². The molecule has 2 fully saturated rings. The number of fused-ring (bicyclic) bond motifs is 8. The van der Waals surface area contributed by atoms with Crippen molar-refractivity contribution < 1.29 is 59.8 Å². The van der Waals surface area contributed by atoms with Gasteiger partial charge in [-0.15, -0.1) is 0 Å². The Labute approximate surface area is 417 Å². The number of ether oxygens (including phenoxy) is 4. The van der Waals surface area contributed by atoms with Crippen LogP contribution >= 0.6 is 0 Å². The Morgan fingerprint density at radius 2 is 0.875 bits per heavy atom. The van der Waals surface area contributed by atoms with Gasteiger partial charge in [0.2, 0.25) is 12.6 Å². The van der Waals surface area contributed by atoms with Gasteiger partial charge in [0.25, 0.3) is 0 Å². The van der Waals surface area contributed by atoms with E-state index in [1.165, 1.54) is 0 Å². The molecule has 7 heterocycles. The van der Waals surface area contributed by atoms with E-state index in [1.54, 1.807) is 12.1 Å². The van der Waals surface area contributed by atoms with Gasteiger partial charge in [-0.25, -0.2) is 9.97 Å². The molecule has 0 saturated carbocycles. The topological polar surface area (TPSA) is 256 Å². The van der Waals surface area contributed by atoms with Gasteiger partial charge in [0.1, 0.15) is 60.3 Å². The maximum atomic E-state index is 10.8. The maximum absolute atomic E-state index is 10.8. The van der Waals surface area contributed by atoms with E-state index in [-0.39, 0.29) is 0 Å². The molecule has 382 valence electrons. The molecule has 3 aromatic heterocycles. The van der Waals surface area contributed by atoms with Gasteiger partial charge < -0.3 is 69.8 Å². The largest absolute Gasteiger partial charge is 0.462 e. The summed E-state index contributed by atoms with van der Waals surface area (Å²) in [5.41, 5.74) is 11.5. The summed E-state index contributed by atoms with van der Waals surface area (Å²) in [6, 6.07) is 22.9. The lowest BCUT2D eigenvalue weighted by Gasteiger charge is -2.39. The SMILES string of the molecule is CCCCCCc1c2nc(c(-c3cccc(O[C@@H]4OC(CO)[C@@H](O)C(O)C4O)c3)c3ccc([nH]3)c(CCCCCC)c3nc(c(-c4cccc(OC5O[C@H](CO)C(O)C(O)[C@H]5O)c4)c4ccc1[nH]4)C=C3)C=C2. The number of benzene rings is 2. The van der Waals surface area contributed by atoms with E-state index in [4.69, 9.17) is 28.9 Å². The Hall–Kier alpha value is -5.76. The highest BCUT2D eigenvalue weighted by molar-refractivity contribution is 5.94. The molecular formula is C56H66N4O12. The second kappa shape index (κ2) is 23.0. The molecule has 0 amide bonds. The van der Waals surface area contributed by atoms with Crippen molar-refractivity contribution in [2.24, 2.45) is 0 Å². The summed E-state index contributed by atoms with van der Waals surface area (Å²) in [6.07, 6.45) is 3.54. The number of aliphatic hydroxyl groups is 8. The third kappa shape index (κ3) is 10.8. The molecule has 16 nitrogen and oxygen atoms in total. The molecule has 2 aromatic carbocycles. The highest BCUT2D eigenvalue weighted by atomic mass is 16.7. The molecule has 4 aliphatic heterocycles. The first-order valence-corrected chi connectivity index (χ1v) is 25.3. The van der Waals surface area contributed by atoms with Crippen molar-refractivity contribution in [3.05, 3.63) is 107 Å². The fourth-order valence-electron chi connectivity index (χ4n) is 9.96. The highest BCUT2D eigenvalue weighted by Crippen LogP contribution is 2.38. The van der Waals surface area contributed by atoms with Crippen LogP contribution in [0.1, 0.15) is 99.1 Å². The molecule has 10 N–H and O–H groups in total. The fourth-order valence-corrected chi connectivity index (χ4v) is 9.96. The van der Waals surface area contributed by atoms with E-state index >= 15 is 0 Å². The third-order valence-electron chi connectivity index (χ3n) is 14.0. The van der Waals surface area contributed by atoms with Crippen molar-refractivity contribution in [1.82, 2.24) is 19.9 Å². The Bertz CT molecular complexity index is 2720. The summed E-state index contributed by atoms with van der Waals surface area (Å²) < 4.78 is 23.7. The first-order chi connectivity index (χ1) is 35.0. The van der Waals surface area contributed by atoms with Crippen LogP contribution < -0.4 is 9.47 Å². The van der Waals surface area contributed by atoms with Crippen LogP contribution in [0.2, 0.25) is 0 Å². The first-order valence-electron chi connectivity index (χ1n) is 25.3. The third-order valence-corrected chi connectivity index (χ3v) is 14.0. The number of nitrogens with one attached hydrogen (secondary N) is 2. The molecule has 8 bridgehead atoms. The van der Waals surface area contributed by atoms with Crippen LogP contribution in [0.15, 0.2) is 72.8 Å². The van der Waals surface area contributed by atoms with Crippen LogP contribution in [0.3, 0.4) is 0 Å². The summed E-state index contributed by atoms with van der Waals surface area (Å²) in [4.78, 5) is 18.3. The normalized spacial score (nSPS) is 25.0. The van der Waals surface area contributed by atoms with E-state index in [1.807, 2.05) is 72.8 Å². The average molecular weight is 987 g/mol. The summed E-state index contributed by atoms with van der Waals surface area (Å²) >= 11 is 0. The van der Waals surface area contributed by atoms with Gasteiger partial charge in [-0.05, 0) is 110 Å². The minimum Gasteiger partial charge on any atom is -0.462 e. The molecule has 9 rings (SSSR count). The van der Waals surface area contributed by atoms with Crippen LogP contribution in [0.25, 0.3) is 68.6 Å². The lowest BCUT2D eigenvalue weighted by Crippen LogP contribution is -2.60. The molecule has 72 heavy (non-hydrogen) atoms. The van der Waals surface area contributed by atoms with Crippen LogP contribution in [0, 0.1) is 0 Å². The molecule has 0 aliphatic carbocycles. The summed E-state index contributed by atoms with van der Waals surface area (Å²) in [6.45, 7) is 3.21. The number of unbranched alkanes of at least 4 members (excludes halogenated alkanes) is 6. The molecule has 5 aromatic rings. The number of aromatic amines is 2. The van der Waals surface area contributed by atoms with Crippen molar-refractivity contribution in [1.29, 1.82) is 0 Å². The lowest BCUT2D eigenvalue weighted by molar-refractivity contribution is -0.277. The Kier molecular flexibility index (Phi) is 16.3. The predicted octanol–water partition coefficient (Wildman–Crippen LogP) is 6.59. The van der Waals surface area contributed by atoms with Gasteiger partial charge in [-0.3, -0.25) is 0 Å². The fraction of sp³-hybridized carbons (Fsp3) is 0.429. The summed E-state index contributed by atoms with van der Waals surface area (Å²) in [7, 11) is 0. The number of aliphatic hydroxyl groups excluding tert-OH is 8. The van der Waals surface area contributed by atoms with E-state index in [0.29, 0.717) is 22.9 Å². The van der Waals surface area contributed by atoms with Gasteiger partial charge in [0.05, 0.1) is 36.0 Å². The van der Waals surface area contributed by atoms with Crippen molar-refractivity contribution in [3.63, 3.8) is 0 Å². The number of nitrogens with zero attached hydrogens (tertiary/aromatic N) is 2. The molecular weight excluding hydrogens is 921 g/mol. The number of hydrogen-bond acceptors (Lipinski definition) is 14. The number of aromatic nitrogens is 4. The van der Waals surface area contributed by atoms with Crippen molar-refractivity contribution in [2.75, 3.05) is 13.2 Å². The van der Waals surface area contributed by atoms with E-state index in [9.17, 15) is 40.9 Å². The van der Waals surface area contributed by atoms with Crippen molar-refractivity contribution in [3.8, 4) is 33.8 Å². The zero-order chi connectivity index (χ0) is 50.5. The smallest absolute Gasteiger partial charge is 0.229 e. The number of H-pyrrole nitrogens is 2. The number of hydrogen-bond donors (Lipinski definition) is 10. The monoisotopic (exact) mass is 986 g/mol. The maximum Gasteiger partial charge on any atom is 0.229 e. The minimum atomic E-state index is -1.59. The minimum absolute atomic E-state index is 0.326. The van der Waals surface area contributed by atoms with E-state index in [0.717, 1.165) is 131 Å². The standard InChI is InChI=1S/C56H66N4O12/c1-3-5-7-9-17-35-37-19-23-41(57-37)47(31-13-11-15-33(27-31)69-55-53(67)51(65)49(63)45(29-61)71-55)43-25-21-39(59-43)36(18-10-8-6-4-2)40-22-26-44(60-40)48(42-24-20-38(35)58-42)32-14-12-16-34(28-32)70-56-54(68)52(66)50(64)46(30-62)72-56/h11-16,19-28,45-46,49-57,60-68H,3-10,17-18,29-30H2,1-2H3/t45-,46?,49?,50-,51?,52?,53-,54?,55?,56-/m1/s1. The van der Waals surface area contributed by atoms with Gasteiger partial charge in [-0.2, -0.15) is 0 Å². The van der Waals surface area contributed by atoms with Gasteiger partial charge in [-0.1, -0.05) is 76.6 Å². The second-order valence-electron chi connectivity index (χ2n) is 19.0. The first kappa shape index (κ1) is 51.2. The zero-order valence-electron chi connectivity index (χ0n) is 40.6. The Balaban J connectivity index is 1.23. The Morgan fingerprint density at radius 3 is 1.28 bits per heavy atom. The predicted molar refractivity (Wildman–Crippen MR) is 274 cm³/mol. The van der Waals surface area contributed by atoms with Gasteiger partial charge >= 0.3 is 0 Å². The highest BCUT2D eigenvalue weighted by Gasteiger charge is 2.46. The quantitative estimate of drug-likeness (QED) is 0.0407. The van der Waals surface area contributed by atoms with Gasteiger partial charge in [0, 0.05) is 44.3 Å². The second-order valence-corrected chi connectivity index (χ2v) is 19.0. The van der Waals surface area contributed by atoms with Crippen LogP contribution in [0.4, 0.5) is 0 Å². The van der Waals surface area contributed by atoms with E-state index < -0.39 is 74.6 Å². The average Bonchev–Trinajstić information content (AvgIpc) is 4.25. The van der Waals surface area contributed by atoms with Gasteiger partial charge in [0.15, 0.2) is 0 Å². The molecule has 0 radical (unpaired) electrons. The molecule has 6 unspecified atom stereocenters. The summed E-state index contributed by atoms with van der Waals surface area (Å²) in [5.74, 6) is 0.652. The number of aryl methyl sites for hydroxylation is 2. The number of rotatable bonds is 18. The molecule has 16 heteroatoms. The molecule has 10 atom stereocenters. The van der Waals surface area contributed by atoms with Crippen LogP contribution in [0.5, 0.6) is 11.5 Å².